The van der Waals surface area contributed by atoms with Crippen molar-refractivity contribution in [1.82, 2.24) is 9.78 Å². The summed E-state index contributed by atoms with van der Waals surface area (Å²) < 4.78 is 42.2. The average Bonchev–Trinajstić information content (AvgIpc) is 2.62. The largest absolute Gasteiger partial charge is 0.467 e. The van der Waals surface area contributed by atoms with E-state index in [4.69, 9.17) is 5.26 Å². The predicted molar refractivity (Wildman–Crippen MR) is 57.0 cm³/mol. The Balaban J connectivity index is 2.39. The Morgan fingerprint density at radius 1 is 1.44 bits per heavy atom. The molecule has 0 amide bonds. The number of ether oxygens (including phenoxy) is 1. The van der Waals surface area contributed by atoms with Crippen molar-refractivity contribution in [3.05, 3.63) is 23.8 Å². The third kappa shape index (κ3) is 2.37. The van der Waals surface area contributed by atoms with Gasteiger partial charge < -0.3 is 4.74 Å². The van der Waals surface area contributed by atoms with Crippen LogP contribution in [0.4, 0.5) is 13.2 Å². The number of nitriles is 1. The fourth-order valence-electron chi connectivity index (χ4n) is 1.55. The third-order valence-electron chi connectivity index (χ3n) is 2.32. The summed E-state index contributed by atoms with van der Waals surface area (Å²) in [7, 11) is 1.57. The van der Waals surface area contributed by atoms with Crippen LogP contribution >= 0.6 is 0 Å². The number of hydrogen-bond donors (Lipinski definition) is 0. The summed E-state index contributed by atoms with van der Waals surface area (Å²) in [6.07, 6.45) is -4.41. The van der Waals surface area contributed by atoms with E-state index in [1.165, 1.54) is 16.8 Å². The van der Waals surface area contributed by atoms with Crippen molar-refractivity contribution in [2.45, 2.75) is 6.18 Å². The van der Waals surface area contributed by atoms with E-state index in [0.29, 0.717) is 16.5 Å². The van der Waals surface area contributed by atoms with E-state index in [1.807, 2.05) is 6.07 Å². The molecule has 0 atom stereocenters. The van der Waals surface area contributed by atoms with Gasteiger partial charge in [-0.1, -0.05) is 0 Å². The minimum atomic E-state index is -4.41. The first-order chi connectivity index (χ1) is 8.40. The van der Waals surface area contributed by atoms with Crippen LogP contribution < -0.4 is 4.74 Å². The van der Waals surface area contributed by atoms with E-state index in [2.05, 4.69) is 9.84 Å². The summed E-state index contributed by atoms with van der Waals surface area (Å²) in [4.78, 5) is 0. The monoisotopic (exact) mass is 255 g/mol. The van der Waals surface area contributed by atoms with Gasteiger partial charge in [0.15, 0.2) is 6.61 Å². The molecule has 94 valence electrons. The minimum Gasteiger partial charge on any atom is -0.467 e. The number of aryl methyl sites for hydroxylation is 1. The van der Waals surface area contributed by atoms with E-state index >= 15 is 0 Å². The van der Waals surface area contributed by atoms with Gasteiger partial charge in [0.1, 0.15) is 0 Å². The van der Waals surface area contributed by atoms with Gasteiger partial charge in [-0.15, -0.1) is 5.10 Å². The van der Waals surface area contributed by atoms with E-state index in [1.54, 1.807) is 13.1 Å². The molecular formula is C11H8F3N3O. The summed E-state index contributed by atoms with van der Waals surface area (Å²) in [6.45, 7) is -1.39. The van der Waals surface area contributed by atoms with Crippen LogP contribution in [0.2, 0.25) is 0 Å². The molecule has 0 aliphatic carbocycles. The number of nitrogens with zero attached hydrogens (tertiary/aromatic N) is 3. The lowest BCUT2D eigenvalue weighted by atomic mass is 10.2. The van der Waals surface area contributed by atoms with Gasteiger partial charge >= 0.3 is 6.18 Å². The zero-order valence-electron chi connectivity index (χ0n) is 9.32. The molecule has 0 saturated heterocycles. The van der Waals surface area contributed by atoms with Crippen LogP contribution in [0.25, 0.3) is 10.9 Å². The highest BCUT2D eigenvalue weighted by Crippen LogP contribution is 2.26. The van der Waals surface area contributed by atoms with Gasteiger partial charge in [-0.2, -0.15) is 18.4 Å². The summed E-state index contributed by atoms with van der Waals surface area (Å²) in [5, 5.41) is 13.0. The molecular weight excluding hydrogens is 247 g/mol. The maximum atomic E-state index is 12.1. The first-order valence-corrected chi connectivity index (χ1v) is 4.97. The minimum absolute atomic E-state index is 0.0886. The number of benzene rings is 1. The Kier molecular flexibility index (Phi) is 2.87. The highest BCUT2D eigenvalue weighted by molar-refractivity contribution is 5.85. The molecule has 0 spiro atoms. The van der Waals surface area contributed by atoms with E-state index in [9.17, 15) is 13.2 Å². The molecule has 18 heavy (non-hydrogen) atoms. The smallest absolute Gasteiger partial charge is 0.422 e. The van der Waals surface area contributed by atoms with Gasteiger partial charge in [-0.3, -0.25) is 4.68 Å². The summed E-state index contributed by atoms with van der Waals surface area (Å²) in [6, 6.07) is 6.52. The van der Waals surface area contributed by atoms with Gasteiger partial charge in [-0.05, 0) is 18.2 Å². The topological polar surface area (TPSA) is 50.8 Å². The fourth-order valence-corrected chi connectivity index (χ4v) is 1.55. The first kappa shape index (κ1) is 12.2. The standard InChI is InChI=1S/C11H8F3N3O/c1-17-9-4-7(5-15)2-3-8(9)10(16-17)18-6-11(12,13)14/h2-4H,6H2,1H3. The quantitative estimate of drug-likeness (QED) is 0.827. The molecule has 2 rings (SSSR count). The second-order valence-corrected chi connectivity index (χ2v) is 3.68. The molecule has 1 aromatic heterocycles. The second-order valence-electron chi connectivity index (χ2n) is 3.68. The molecule has 0 bridgehead atoms. The summed E-state index contributed by atoms with van der Waals surface area (Å²) >= 11 is 0. The molecule has 0 fully saturated rings. The van der Waals surface area contributed by atoms with Crippen LogP contribution in [0, 0.1) is 11.3 Å². The zero-order valence-corrected chi connectivity index (χ0v) is 9.32. The van der Waals surface area contributed by atoms with Gasteiger partial charge in [-0.25, -0.2) is 0 Å². The number of aromatic nitrogens is 2. The van der Waals surface area contributed by atoms with E-state index < -0.39 is 12.8 Å². The first-order valence-electron chi connectivity index (χ1n) is 4.97. The van der Waals surface area contributed by atoms with Gasteiger partial charge in [0.05, 0.1) is 22.5 Å². The molecule has 0 saturated carbocycles. The summed E-state index contributed by atoms with van der Waals surface area (Å²) in [5.41, 5.74) is 0.957. The molecule has 0 unspecified atom stereocenters. The SMILES string of the molecule is Cn1nc(OCC(F)(F)F)c2ccc(C#N)cc21. The Morgan fingerprint density at radius 2 is 2.17 bits per heavy atom. The van der Waals surface area contributed by atoms with Crippen molar-refractivity contribution in [2.75, 3.05) is 6.61 Å². The number of rotatable bonds is 2. The molecule has 0 aliphatic rings. The highest BCUT2D eigenvalue weighted by atomic mass is 19.4. The normalized spacial score (nSPS) is 11.5. The molecule has 1 aromatic carbocycles. The number of alkyl halides is 3. The molecule has 2 aromatic rings. The Bertz CT molecular complexity index is 625. The predicted octanol–water partition coefficient (Wildman–Crippen LogP) is 2.39. The van der Waals surface area contributed by atoms with Gasteiger partial charge in [0.2, 0.25) is 5.88 Å². The third-order valence-corrected chi connectivity index (χ3v) is 2.32. The van der Waals surface area contributed by atoms with Crippen LogP contribution in [0.3, 0.4) is 0 Å². The molecule has 0 N–H and O–H groups in total. The van der Waals surface area contributed by atoms with E-state index in [0.717, 1.165) is 0 Å². The molecule has 4 nitrogen and oxygen atoms in total. The maximum Gasteiger partial charge on any atom is 0.422 e. The lowest BCUT2D eigenvalue weighted by Gasteiger charge is -2.06. The van der Waals surface area contributed by atoms with Crippen LogP contribution in [0.1, 0.15) is 5.56 Å². The van der Waals surface area contributed by atoms with Crippen molar-refractivity contribution in [1.29, 1.82) is 5.26 Å². The van der Waals surface area contributed by atoms with Gasteiger partial charge in [0.25, 0.3) is 0 Å². The van der Waals surface area contributed by atoms with Gasteiger partial charge in [0, 0.05) is 7.05 Å². The molecule has 0 radical (unpaired) electrons. The molecule has 0 aliphatic heterocycles. The highest BCUT2D eigenvalue weighted by Gasteiger charge is 2.29. The lowest BCUT2D eigenvalue weighted by molar-refractivity contribution is -0.153. The van der Waals surface area contributed by atoms with Crippen LogP contribution in [-0.2, 0) is 7.05 Å². The zero-order chi connectivity index (χ0) is 13.3. The number of hydrogen-bond acceptors (Lipinski definition) is 3. The average molecular weight is 255 g/mol. The fraction of sp³-hybridized carbons (Fsp3) is 0.273. The Morgan fingerprint density at radius 3 is 2.78 bits per heavy atom. The Labute approximate surface area is 100 Å². The number of halogens is 3. The summed E-state index contributed by atoms with van der Waals surface area (Å²) in [5.74, 6) is -0.0886. The van der Waals surface area contributed by atoms with Crippen molar-refractivity contribution < 1.29 is 17.9 Å². The molecule has 7 heteroatoms. The van der Waals surface area contributed by atoms with Crippen LogP contribution in [-0.4, -0.2) is 22.6 Å². The maximum absolute atomic E-state index is 12.1. The van der Waals surface area contributed by atoms with Crippen molar-refractivity contribution in [2.24, 2.45) is 7.05 Å². The van der Waals surface area contributed by atoms with Crippen molar-refractivity contribution in [3.63, 3.8) is 0 Å². The lowest BCUT2D eigenvalue weighted by Crippen LogP contribution is -2.19. The van der Waals surface area contributed by atoms with E-state index in [-0.39, 0.29) is 5.88 Å². The van der Waals surface area contributed by atoms with Crippen LogP contribution in [0.5, 0.6) is 5.88 Å². The molecule has 1 heterocycles. The van der Waals surface area contributed by atoms with Crippen molar-refractivity contribution in [3.8, 4) is 11.9 Å². The van der Waals surface area contributed by atoms with Crippen LogP contribution in [0.15, 0.2) is 18.2 Å². The second kappa shape index (κ2) is 4.22. The number of fused-ring (bicyclic) bond motifs is 1. The Hall–Kier alpha value is -2.23. The van der Waals surface area contributed by atoms with Crippen molar-refractivity contribution >= 4 is 10.9 Å².